The molecule has 1 atom stereocenters. The van der Waals surface area contributed by atoms with Crippen LogP contribution in [0.25, 0.3) is 0 Å². The molecule has 114 valence electrons. The number of nitrogens with two attached hydrogens (primary N) is 1. The highest BCUT2D eigenvalue weighted by molar-refractivity contribution is 5.92. The number of hydrogen-bond acceptors (Lipinski definition) is 3. The molecule has 3 N–H and O–H groups in total. The van der Waals surface area contributed by atoms with Crippen LogP contribution in [0.3, 0.4) is 0 Å². The number of nitrogens with zero attached hydrogens (tertiary/aromatic N) is 1. The molecule has 4 nitrogen and oxygen atoms in total. The van der Waals surface area contributed by atoms with Gasteiger partial charge < -0.3 is 11.1 Å². The second-order valence-corrected chi connectivity index (χ2v) is 6.36. The Kier molecular flexibility index (Phi) is 4.56. The number of anilines is 1. The first kappa shape index (κ1) is 14.5. The number of hydrogen-bond donors (Lipinski definition) is 2. The van der Waals surface area contributed by atoms with Crippen molar-refractivity contribution in [3.05, 3.63) is 29.3 Å². The van der Waals surface area contributed by atoms with Gasteiger partial charge in [-0.15, -0.1) is 0 Å². The Morgan fingerprint density at radius 3 is 3.00 bits per heavy atom. The summed E-state index contributed by atoms with van der Waals surface area (Å²) in [7, 11) is 0. The number of benzene rings is 1. The third kappa shape index (κ3) is 3.63. The maximum Gasteiger partial charge on any atom is 0.238 e. The molecular weight excluding hydrogens is 262 g/mol. The molecule has 0 bridgehead atoms. The lowest BCUT2D eigenvalue weighted by Crippen LogP contribution is -2.42. The lowest BCUT2D eigenvalue weighted by Gasteiger charge is -2.31. The first-order chi connectivity index (χ1) is 10.2. The molecule has 0 saturated carbocycles. The van der Waals surface area contributed by atoms with Crippen LogP contribution in [-0.2, 0) is 17.6 Å². The van der Waals surface area contributed by atoms with E-state index < -0.39 is 0 Å². The maximum absolute atomic E-state index is 12.2. The predicted molar refractivity (Wildman–Crippen MR) is 85.3 cm³/mol. The van der Waals surface area contributed by atoms with Crippen LogP contribution in [0, 0.1) is 5.92 Å². The molecule has 1 aliphatic heterocycles. The quantitative estimate of drug-likeness (QED) is 0.887. The second-order valence-electron chi connectivity index (χ2n) is 6.36. The molecule has 1 fully saturated rings. The number of likely N-dealkylation sites (tertiary alicyclic amines) is 1. The van der Waals surface area contributed by atoms with Crippen molar-refractivity contribution in [2.75, 3.05) is 31.5 Å². The summed E-state index contributed by atoms with van der Waals surface area (Å²) in [5, 5.41) is 3.04. The van der Waals surface area contributed by atoms with Gasteiger partial charge in [0.2, 0.25) is 5.91 Å². The van der Waals surface area contributed by atoms with Crippen LogP contribution in [0.2, 0.25) is 0 Å². The summed E-state index contributed by atoms with van der Waals surface area (Å²) in [6.07, 6.45) is 5.90. The number of nitrogens with one attached hydrogen (secondary N) is 1. The van der Waals surface area contributed by atoms with Gasteiger partial charge in [-0.3, -0.25) is 9.69 Å². The fourth-order valence-electron chi connectivity index (χ4n) is 3.54. The molecule has 3 rings (SSSR count). The number of piperidine rings is 1. The SMILES string of the molecule is NCC1CCCN(CC(=O)Nc2ccc3c(c2)CCC3)C1. The largest absolute Gasteiger partial charge is 0.330 e. The molecule has 4 heteroatoms. The van der Waals surface area contributed by atoms with Crippen molar-refractivity contribution in [2.45, 2.75) is 32.1 Å². The van der Waals surface area contributed by atoms with E-state index in [9.17, 15) is 4.79 Å². The van der Waals surface area contributed by atoms with Gasteiger partial charge >= 0.3 is 0 Å². The van der Waals surface area contributed by atoms with Gasteiger partial charge in [0.1, 0.15) is 0 Å². The number of aryl methyl sites for hydroxylation is 2. The van der Waals surface area contributed by atoms with Gasteiger partial charge in [-0.25, -0.2) is 0 Å². The van der Waals surface area contributed by atoms with Crippen LogP contribution < -0.4 is 11.1 Å². The zero-order chi connectivity index (χ0) is 14.7. The van der Waals surface area contributed by atoms with E-state index in [0.29, 0.717) is 12.5 Å². The summed E-state index contributed by atoms with van der Waals surface area (Å²) in [5.41, 5.74) is 9.52. The molecule has 1 unspecified atom stereocenters. The lowest BCUT2D eigenvalue weighted by molar-refractivity contribution is -0.117. The lowest BCUT2D eigenvalue weighted by atomic mass is 9.98. The third-order valence-electron chi connectivity index (χ3n) is 4.69. The van der Waals surface area contributed by atoms with E-state index in [1.54, 1.807) is 0 Å². The van der Waals surface area contributed by atoms with Crippen LogP contribution in [0.15, 0.2) is 18.2 Å². The molecule has 1 amide bonds. The third-order valence-corrected chi connectivity index (χ3v) is 4.69. The molecule has 0 spiro atoms. The van der Waals surface area contributed by atoms with Gasteiger partial charge in [-0.1, -0.05) is 6.07 Å². The standard InChI is InChI=1S/C17H25N3O/c18-10-13-3-2-8-20(11-13)12-17(21)19-16-7-6-14-4-1-5-15(14)9-16/h6-7,9,13H,1-5,8,10-12,18H2,(H,19,21). The van der Waals surface area contributed by atoms with Gasteiger partial charge in [0, 0.05) is 12.2 Å². The normalized spacial score (nSPS) is 22.0. The van der Waals surface area contributed by atoms with Crippen LogP contribution in [-0.4, -0.2) is 37.0 Å². The van der Waals surface area contributed by atoms with Crippen molar-refractivity contribution in [3.63, 3.8) is 0 Å². The van der Waals surface area contributed by atoms with Gasteiger partial charge in [0.05, 0.1) is 6.54 Å². The van der Waals surface area contributed by atoms with E-state index in [0.717, 1.165) is 38.2 Å². The minimum absolute atomic E-state index is 0.0885. The van der Waals surface area contributed by atoms with E-state index >= 15 is 0 Å². The average molecular weight is 287 g/mol. The highest BCUT2D eigenvalue weighted by Gasteiger charge is 2.20. The Bertz CT molecular complexity index is 515. The van der Waals surface area contributed by atoms with Gasteiger partial charge in [-0.05, 0) is 74.4 Å². The highest BCUT2D eigenvalue weighted by Crippen LogP contribution is 2.25. The van der Waals surface area contributed by atoms with Crippen molar-refractivity contribution >= 4 is 11.6 Å². The van der Waals surface area contributed by atoms with Gasteiger partial charge in [-0.2, -0.15) is 0 Å². The summed E-state index contributed by atoms with van der Waals surface area (Å²) >= 11 is 0. The molecule has 1 aliphatic carbocycles. The first-order valence-electron chi connectivity index (χ1n) is 8.08. The number of rotatable bonds is 4. The zero-order valence-corrected chi connectivity index (χ0v) is 12.6. The Balaban J connectivity index is 1.54. The van der Waals surface area contributed by atoms with Crippen LogP contribution >= 0.6 is 0 Å². The number of amides is 1. The topological polar surface area (TPSA) is 58.4 Å². The molecule has 0 radical (unpaired) electrons. The van der Waals surface area contributed by atoms with Gasteiger partial charge in [0.15, 0.2) is 0 Å². The smallest absolute Gasteiger partial charge is 0.238 e. The van der Waals surface area contributed by atoms with E-state index in [-0.39, 0.29) is 5.91 Å². The predicted octanol–water partition coefficient (Wildman–Crippen LogP) is 1.78. The van der Waals surface area contributed by atoms with Crippen LogP contribution in [0.4, 0.5) is 5.69 Å². The Morgan fingerprint density at radius 2 is 2.14 bits per heavy atom. The van der Waals surface area contributed by atoms with E-state index in [4.69, 9.17) is 5.73 Å². The van der Waals surface area contributed by atoms with E-state index in [1.165, 1.54) is 30.4 Å². The van der Waals surface area contributed by atoms with Gasteiger partial charge in [0.25, 0.3) is 0 Å². The molecule has 1 aromatic rings. The monoisotopic (exact) mass is 287 g/mol. The molecule has 1 saturated heterocycles. The zero-order valence-electron chi connectivity index (χ0n) is 12.6. The van der Waals surface area contributed by atoms with Crippen LogP contribution in [0.5, 0.6) is 0 Å². The number of carbonyl (C=O) groups excluding carboxylic acids is 1. The molecule has 1 heterocycles. The van der Waals surface area contributed by atoms with Crippen molar-refractivity contribution in [1.82, 2.24) is 4.90 Å². The summed E-state index contributed by atoms with van der Waals surface area (Å²) in [4.78, 5) is 14.4. The summed E-state index contributed by atoms with van der Waals surface area (Å²) in [6, 6.07) is 6.32. The maximum atomic E-state index is 12.2. The second kappa shape index (κ2) is 6.58. The van der Waals surface area contributed by atoms with Crippen molar-refractivity contribution in [3.8, 4) is 0 Å². The van der Waals surface area contributed by atoms with Crippen molar-refractivity contribution in [1.29, 1.82) is 0 Å². The van der Waals surface area contributed by atoms with Crippen LogP contribution in [0.1, 0.15) is 30.4 Å². The molecule has 0 aromatic heterocycles. The average Bonchev–Trinajstić information content (AvgIpc) is 2.95. The first-order valence-corrected chi connectivity index (χ1v) is 8.08. The molecule has 1 aromatic carbocycles. The highest BCUT2D eigenvalue weighted by atomic mass is 16.2. The number of carbonyl (C=O) groups is 1. The fourth-order valence-corrected chi connectivity index (χ4v) is 3.54. The summed E-state index contributed by atoms with van der Waals surface area (Å²) in [6.45, 7) is 3.17. The Hall–Kier alpha value is -1.39. The minimum atomic E-state index is 0.0885. The van der Waals surface area contributed by atoms with Crippen molar-refractivity contribution in [2.24, 2.45) is 11.7 Å². The summed E-state index contributed by atoms with van der Waals surface area (Å²) in [5.74, 6) is 0.636. The Morgan fingerprint density at radius 1 is 1.29 bits per heavy atom. The Labute approximate surface area is 126 Å². The molecular formula is C17H25N3O. The van der Waals surface area contributed by atoms with E-state index in [2.05, 4.69) is 22.3 Å². The fraction of sp³-hybridized carbons (Fsp3) is 0.588. The molecule has 2 aliphatic rings. The molecule has 21 heavy (non-hydrogen) atoms. The van der Waals surface area contributed by atoms with Crippen molar-refractivity contribution < 1.29 is 4.79 Å². The minimum Gasteiger partial charge on any atom is -0.330 e. The number of fused-ring (bicyclic) bond motifs is 1. The summed E-state index contributed by atoms with van der Waals surface area (Å²) < 4.78 is 0. The van der Waals surface area contributed by atoms with E-state index in [1.807, 2.05) is 6.07 Å².